The third-order valence-electron chi connectivity index (χ3n) is 2.15. The van der Waals surface area contributed by atoms with E-state index in [9.17, 15) is 17.8 Å². The third-order valence-corrected chi connectivity index (χ3v) is 2.86. The van der Waals surface area contributed by atoms with Gasteiger partial charge in [-0.15, -0.1) is 0 Å². The highest BCUT2D eigenvalue weighted by Crippen LogP contribution is 2.11. The van der Waals surface area contributed by atoms with Crippen molar-refractivity contribution in [2.24, 2.45) is 5.10 Å². The molecule has 0 unspecified atom stereocenters. The van der Waals surface area contributed by atoms with Gasteiger partial charge in [-0.3, -0.25) is 9.78 Å². The lowest BCUT2D eigenvalue weighted by molar-refractivity contribution is 0.0955. The van der Waals surface area contributed by atoms with Gasteiger partial charge in [0.2, 0.25) is 5.09 Å². The number of nitrogens with zero attached hydrogens (tertiary/aromatic N) is 2. The number of carbonyl (C=O) groups is 1. The zero-order valence-corrected chi connectivity index (χ0v) is 10.7. The van der Waals surface area contributed by atoms with Crippen LogP contribution in [0.15, 0.2) is 51.3 Å². The van der Waals surface area contributed by atoms with Crippen molar-refractivity contribution in [3.63, 3.8) is 0 Å². The average Bonchev–Trinajstić information content (AvgIpc) is 2.88. The minimum absolute atomic E-state index is 0.0226. The van der Waals surface area contributed by atoms with E-state index in [1.165, 1.54) is 30.6 Å². The maximum atomic E-state index is 11.6. The molecule has 0 spiro atoms. The van der Waals surface area contributed by atoms with E-state index in [1.54, 1.807) is 0 Å². The number of carbonyl (C=O) groups excluding carboxylic acids is 1. The van der Waals surface area contributed by atoms with E-state index >= 15 is 0 Å². The van der Waals surface area contributed by atoms with Gasteiger partial charge in [0, 0.05) is 18.0 Å². The summed E-state index contributed by atoms with van der Waals surface area (Å²) in [5.41, 5.74) is 2.57. The number of pyridine rings is 1. The van der Waals surface area contributed by atoms with E-state index < -0.39 is 21.1 Å². The van der Waals surface area contributed by atoms with Crippen molar-refractivity contribution in [1.82, 2.24) is 10.4 Å². The van der Waals surface area contributed by atoms with Gasteiger partial charge in [0.15, 0.2) is 10.1 Å². The Morgan fingerprint density at radius 3 is 2.60 bits per heavy atom. The number of nitrogens with one attached hydrogen (secondary N) is 1. The predicted octanol–water partition coefficient (Wildman–Crippen LogP) is 0.343. The Kier molecular flexibility index (Phi) is 3.91. The number of aromatic nitrogens is 1. The molecule has 0 saturated carbocycles. The molecular formula is C11H8N3O5S-. The predicted molar refractivity (Wildman–Crippen MR) is 66.0 cm³/mol. The Morgan fingerprint density at radius 1 is 1.30 bits per heavy atom. The van der Waals surface area contributed by atoms with Gasteiger partial charge in [-0.1, -0.05) is 0 Å². The summed E-state index contributed by atoms with van der Waals surface area (Å²) in [6, 6.07) is 5.25. The molecule has 0 saturated heterocycles. The molecule has 1 amide bonds. The third kappa shape index (κ3) is 3.49. The van der Waals surface area contributed by atoms with E-state index in [0.29, 0.717) is 5.56 Å². The molecule has 9 heteroatoms. The van der Waals surface area contributed by atoms with Crippen LogP contribution in [0.3, 0.4) is 0 Å². The second kappa shape index (κ2) is 5.63. The number of rotatable bonds is 4. The molecule has 0 aliphatic rings. The van der Waals surface area contributed by atoms with Crippen LogP contribution in [-0.2, 0) is 10.1 Å². The summed E-state index contributed by atoms with van der Waals surface area (Å²) < 4.78 is 36.7. The molecule has 2 aromatic heterocycles. The summed E-state index contributed by atoms with van der Waals surface area (Å²) in [7, 11) is -4.64. The minimum atomic E-state index is -4.64. The number of furan rings is 1. The van der Waals surface area contributed by atoms with Gasteiger partial charge in [0.05, 0.1) is 6.21 Å². The fourth-order valence-corrected chi connectivity index (χ4v) is 1.69. The average molecular weight is 294 g/mol. The molecule has 0 aromatic carbocycles. The molecule has 2 heterocycles. The standard InChI is InChI=1S/C11H9N3O5S/c15-11(8-3-5-12-6-4-8)14-13-7-9-1-2-10(19-9)20(16,17)18/h1-7H,(H,14,15)(H,16,17,18)/p-1/b13-7-. The number of hydrogen-bond donors (Lipinski definition) is 1. The fourth-order valence-electron chi connectivity index (χ4n) is 1.26. The number of amides is 1. The van der Waals surface area contributed by atoms with Gasteiger partial charge in [-0.05, 0) is 24.3 Å². The zero-order valence-electron chi connectivity index (χ0n) is 9.89. The van der Waals surface area contributed by atoms with Gasteiger partial charge in [-0.25, -0.2) is 13.8 Å². The molecule has 2 aromatic rings. The summed E-state index contributed by atoms with van der Waals surface area (Å²) in [5.74, 6) is -0.443. The molecule has 0 aliphatic carbocycles. The topological polar surface area (TPSA) is 125 Å². The van der Waals surface area contributed by atoms with E-state index in [-0.39, 0.29) is 5.76 Å². The normalized spacial score (nSPS) is 11.7. The quantitative estimate of drug-likeness (QED) is 0.492. The van der Waals surface area contributed by atoms with Crippen LogP contribution in [0.5, 0.6) is 0 Å². The van der Waals surface area contributed by atoms with E-state index in [2.05, 4.69) is 15.5 Å². The fraction of sp³-hybridized carbons (Fsp3) is 0. The Labute approximate surface area is 113 Å². The first-order valence-corrected chi connectivity index (χ1v) is 6.67. The molecule has 0 fully saturated rings. The summed E-state index contributed by atoms with van der Waals surface area (Å²) in [4.78, 5) is 15.3. The minimum Gasteiger partial charge on any atom is -0.742 e. The van der Waals surface area contributed by atoms with Crippen molar-refractivity contribution in [3.8, 4) is 0 Å². The van der Waals surface area contributed by atoms with Gasteiger partial charge in [-0.2, -0.15) is 5.10 Å². The Balaban J connectivity index is 2.01. The van der Waals surface area contributed by atoms with Crippen LogP contribution < -0.4 is 5.43 Å². The summed E-state index contributed by atoms with van der Waals surface area (Å²) in [5, 5.41) is 2.87. The molecule has 8 nitrogen and oxygen atoms in total. The molecule has 104 valence electrons. The molecule has 0 radical (unpaired) electrons. The molecule has 0 atom stereocenters. The molecule has 20 heavy (non-hydrogen) atoms. The van der Waals surface area contributed by atoms with E-state index in [1.807, 2.05) is 0 Å². The molecule has 0 bridgehead atoms. The van der Waals surface area contributed by atoms with Crippen molar-refractivity contribution in [2.45, 2.75) is 5.09 Å². The number of hydrazone groups is 1. The first kappa shape index (κ1) is 13.9. The lowest BCUT2D eigenvalue weighted by Gasteiger charge is -2.00. The van der Waals surface area contributed by atoms with Gasteiger partial charge >= 0.3 is 0 Å². The van der Waals surface area contributed by atoms with Crippen LogP contribution in [0.1, 0.15) is 16.1 Å². The van der Waals surface area contributed by atoms with Crippen LogP contribution >= 0.6 is 0 Å². The first-order chi connectivity index (χ1) is 9.47. The number of hydrogen-bond acceptors (Lipinski definition) is 7. The second-order valence-electron chi connectivity index (χ2n) is 3.55. The van der Waals surface area contributed by atoms with Gasteiger partial charge < -0.3 is 8.97 Å². The smallest absolute Gasteiger partial charge is 0.271 e. The van der Waals surface area contributed by atoms with Crippen molar-refractivity contribution in [3.05, 3.63) is 48.0 Å². The van der Waals surface area contributed by atoms with Crippen LogP contribution in [0, 0.1) is 0 Å². The van der Waals surface area contributed by atoms with Crippen LogP contribution in [-0.4, -0.2) is 30.1 Å². The Hall–Kier alpha value is -2.52. The highest BCUT2D eigenvalue weighted by molar-refractivity contribution is 7.85. The maximum absolute atomic E-state index is 11.6. The van der Waals surface area contributed by atoms with Gasteiger partial charge in [0.1, 0.15) is 5.76 Å². The van der Waals surface area contributed by atoms with Crippen LogP contribution in [0.2, 0.25) is 0 Å². The Bertz CT molecular complexity index is 736. The zero-order chi connectivity index (χ0) is 14.6. The van der Waals surface area contributed by atoms with Crippen LogP contribution in [0.25, 0.3) is 0 Å². The molecular weight excluding hydrogens is 286 g/mol. The first-order valence-electron chi connectivity index (χ1n) is 5.26. The van der Waals surface area contributed by atoms with E-state index in [4.69, 9.17) is 4.42 Å². The lowest BCUT2D eigenvalue weighted by Crippen LogP contribution is -2.17. The highest BCUT2D eigenvalue weighted by Gasteiger charge is 2.07. The maximum Gasteiger partial charge on any atom is 0.271 e. The largest absolute Gasteiger partial charge is 0.742 e. The van der Waals surface area contributed by atoms with Crippen molar-refractivity contribution in [2.75, 3.05) is 0 Å². The Morgan fingerprint density at radius 2 is 2.00 bits per heavy atom. The van der Waals surface area contributed by atoms with Crippen LogP contribution in [0.4, 0.5) is 0 Å². The lowest BCUT2D eigenvalue weighted by atomic mass is 10.3. The second-order valence-corrected chi connectivity index (χ2v) is 4.86. The van der Waals surface area contributed by atoms with Gasteiger partial charge in [0.25, 0.3) is 5.91 Å². The van der Waals surface area contributed by atoms with Crippen molar-refractivity contribution in [1.29, 1.82) is 0 Å². The molecule has 1 N–H and O–H groups in total. The molecule has 2 rings (SSSR count). The van der Waals surface area contributed by atoms with Crippen molar-refractivity contribution < 1.29 is 22.2 Å². The van der Waals surface area contributed by atoms with Crippen molar-refractivity contribution >= 4 is 22.2 Å². The SMILES string of the molecule is O=C(N/N=C\c1ccc(S(=O)(=O)[O-])o1)c1ccncc1. The monoisotopic (exact) mass is 294 g/mol. The summed E-state index contributed by atoms with van der Waals surface area (Å²) >= 11 is 0. The van der Waals surface area contributed by atoms with E-state index in [0.717, 1.165) is 12.3 Å². The molecule has 0 aliphatic heterocycles. The summed E-state index contributed by atoms with van der Waals surface area (Å²) in [6.07, 6.45) is 3.99. The summed E-state index contributed by atoms with van der Waals surface area (Å²) in [6.45, 7) is 0. The highest BCUT2D eigenvalue weighted by atomic mass is 32.2.